The average molecular weight is 354 g/mol. The Morgan fingerprint density at radius 1 is 1.08 bits per heavy atom. The maximum Gasteiger partial charge on any atom is 0.211 e. The van der Waals surface area contributed by atoms with E-state index in [0.29, 0.717) is 4.74 Å². The summed E-state index contributed by atoms with van der Waals surface area (Å²) in [6, 6.07) is 9.32. The van der Waals surface area contributed by atoms with Crippen LogP contribution in [0.25, 0.3) is 0 Å². The van der Waals surface area contributed by atoms with Gasteiger partial charge in [0, 0.05) is 5.56 Å². The third kappa shape index (κ3) is 5.15. The summed E-state index contributed by atoms with van der Waals surface area (Å²) in [6.07, 6.45) is 1.10. The molecule has 0 bridgehead atoms. The number of benzene rings is 1. The van der Waals surface area contributed by atoms with E-state index in [2.05, 4.69) is 33.9 Å². The molecule has 0 amide bonds. The van der Waals surface area contributed by atoms with E-state index in [1.807, 2.05) is 30.3 Å². The molecule has 0 N–H and O–H groups in total. The summed E-state index contributed by atoms with van der Waals surface area (Å²) in [5.74, 6) is 0. The molecule has 0 spiro atoms. The van der Waals surface area contributed by atoms with Crippen LogP contribution in [-0.2, 0) is 11.0 Å². The van der Waals surface area contributed by atoms with E-state index in [4.69, 9.17) is 4.43 Å². The van der Waals surface area contributed by atoms with Crippen LogP contribution in [-0.4, -0.2) is 30.5 Å². The molecule has 0 aliphatic heterocycles. The standard InChI is InChI=1S/C19H32FNO2Si/c1-17(2,3)24(7,8)23-18(4,5)19(6,20)15-21(22)14-16-12-10-9-11-13-16/h9-13,15H,14H2,1-8H3/b21-15-. The number of hydrogen-bond acceptors (Lipinski definition) is 2. The van der Waals surface area contributed by atoms with Crippen LogP contribution in [0.4, 0.5) is 4.39 Å². The number of alkyl halides is 1. The summed E-state index contributed by atoms with van der Waals surface area (Å²) in [7, 11) is -2.16. The van der Waals surface area contributed by atoms with E-state index in [9.17, 15) is 5.21 Å². The zero-order chi connectivity index (χ0) is 18.8. The smallest absolute Gasteiger partial charge is 0.211 e. The maximum atomic E-state index is 15.3. The predicted octanol–water partition coefficient (Wildman–Crippen LogP) is 5.30. The van der Waals surface area contributed by atoms with E-state index in [0.717, 1.165) is 11.8 Å². The molecule has 1 rings (SSSR count). The second-order valence-electron chi connectivity index (χ2n) is 8.64. The van der Waals surface area contributed by atoms with Crippen molar-refractivity contribution in [2.75, 3.05) is 0 Å². The van der Waals surface area contributed by atoms with Crippen LogP contribution in [0.1, 0.15) is 47.1 Å². The molecule has 0 saturated carbocycles. The van der Waals surface area contributed by atoms with Gasteiger partial charge in [-0.15, -0.1) is 0 Å². The SMILES string of the molecule is CC(F)(/C=[N+](\[O-])Cc1ccccc1)C(C)(C)O[Si](C)(C)C(C)(C)C. The van der Waals surface area contributed by atoms with Gasteiger partial charge in [0.25, 0.3) is 0 Å². The van der Waals surface area contributed by atoms with Crippen molar-refractivity contribution < 1.29 is 13.6 Å². The minimum atomic E-state index is -2.16. The fourth-order valence-electron chi connectivity index (χ4n) is 2.13. The van der Waals surface area contributed by atoms with Crippen LogP contribution in [0.2, 0.25) is 18.1 Å². The highest BCUT2D eigenvalue weighted by Crippen LogP contribution is 2.42. The molecule has 0 fully saturated rings. The quantitative estimate of drug-likeness (QED) is 0.229. The van der Waals surface area contributed by atoms with Gasteiger partial charge in [0.1, 0.15) is 0 Å². The number of hydrogen-bond donors (Lipinski definition) is 0. The zero-order valence-corrected chi connectivity index (χ0v) is 17.3. The number of nitrogens with zero attached hydrogens (tertiary/aromatic N) is 1. The normalized spacial score (nSPS) is 16.8. The van der Waals surface area contributed by atoms with Gasteiger partial charge in [0.15, 0.2) is 21.1 Å². The van der Waals surface area contributed by atoms with Crippen molar-refractivity contribution in [3.8, 4) is 0 Å². The Kier molecular flexibility index (Phi) is 6.05. The molecule has 0 aliphatic carbocycles. The summed E-state index contributed by atoms with van der Waals surface area (Å²) in [5, 5.41) is 12.2. The highest BCUT2D eigenvalue weighted by atomic mass is 28.4. The molecule has 0 aromatic heterocycles. The largest absolute Gasteiger partial charge is 0.624 e. The zero-order valence-electron chi connectivity index (χ0n) is 16.3. The summed E-state index contributed by atoms with van der Waals surface area (Å²) in [5.41, 5.74) is -2.11. The van der Waals surface area contributed by atoms with Gasteiger partial charge in [-0.05, 0) is 38.9 Å². The molecule has 0 heterocycles. The minimum Gasteiger partial charge on any atom is -0.624 e. The Hall–Kier alpha value is -1.20. The van der Waals surface area contributed by atoms with Gasteiger partial charge in [-0.25, -0.2) is 9.13 Å². The highest BCUT2D eigenvalue weighted by molar-refractivity contribution is 6.74. The molecule has 0 radical (unpaired) electrons. The lowest BCUT2D eigenvalue weighted by Crippen LogP contribution is -2.56. The maximum absolute atomic E-state index is 15.3. The topological polar surface area (TPSA) is 35.3 Å². The van der Waals surface area contributed by atoms with Gasteiger partial charge in [-0.1, -0.05) is 51.1 Å². The molecular weight excluding hydrogens is 321 g/mol. The third-order valence-corrected chi connectivity index (χ3v) is 9.69. The Morgan fingerprint density at radius 2 is 1.58 bits per heavy atom. The molecule has 1 atom stereocenters. The van der Waals surface area contributed by atoms with Crippen molar-refractivity contribution >= 4 is 14.5 Å². The molecular formula is C19H32FNO2Si. The fraction of sp³-hybridized carbons (Fsp3) is 0.632. The van der Waals surface area contributed by atoms with Crippen molar-refractivity contribution in [1.82, 2.24) is 0 Å². The summed E-state index contributed by atoms with van der Waals surface area (Å²) < 4.78 is 22.3. The monoisotopic (exact) mass is 353 g/mol. The lowest BCUT2D eigenvalue weighted by molar-refractivity contribution is -0.474. The molecule has 24 heavy (non-hydrogen) atoms. The van der Waals surface area contributed by atoms with Crippen molar-refractivity contribution in [2.45, 2.75) is 77.5 Å². The van der Waals surface area contributed by atoms with Crippen LogP contribution < -0.4 is 0 Å². The Bertz CT molecular complexity index is 575. The lowest BCUT2D eigenvalue weighted by Gasteiger charge is -2.45. The Morgan fingerprint density at radius 3 is 2.04 bits per heavy atom. The molecule has 0 saturated heterocycles. The fourth-order valence-corrected chi connectivity index (χ4v) is 3.91. The molecule has 3 nitrogen and oxygen atoms in total. The first-order valence-electron chi connectivity index (χ1n) is 8.41. The van der Waals surface area contributed by atoms with Gasteiger partial charge in [-0.3, -0.25) is 0 Å². The predicted molar refractivity (Wildman–Crippen MR) is 102 cm³/mol. The highest BCUT2D eigenvalue weighted by Gasteiger charge is 2.50. The van der Waals surface area contributed by atoms with Crippen LogP contribution in [0, 0.1) is 5.21 Å². The lowest BCUT2D eigenvalue weighted by atomic mass is 9.91. The van der Waals surface area contributed by atoms with Gasteiger partial charge in [0.2, 0.25) is 5.67 Å². The van der Waals surface area contributed by atoms with Crippen LogP contribution in [0.15, 0.2) is 30.3 Å². The summed E-state index contributed by atoms with van der Waals surface area (Å²) >= 11 is 0. The van der Waals surface area contributed by atoms with E-state index in [-0.39, 0.29) is 11.6 Å². The van der Waals surface area contributed by atoms with Gasteiger partial charge in [0.05, 0.1) is 5.60 Å². The van der Waals surface area contributed by atoms with Crippen molar-refractivity contribution in [1.29, 1.82) is 0 Å². The Labute approximate surface area is 147 Å². The summed E-state index contributed by atoms with van der Waals surface area (Å²) in [4.78, 5) is 0. The number of halogens is 1. The van der Waals surface area contributed by atoms with Crippen LogP contribution in [0.3, 0.4) is 0 Å². The third-order valence-electron chi connectivity index (χ3n) is 5.06. The first-order chi connectivity index (χ1) is 10.7. The van der Waals surface area contributed by atoms with Gasteiger partial charge < -0.3 is 9.63 Å². The molecule has 0 aliphatic rings. The molecule has 5 heteroatoms. The van der Waals surface area contributed by atoms with E-state index in [1.165, 1.54) is 6.92 Å². The van der Waals surface area contributed by atoms with Crippen molar-refractivity contribution in [3.05, 3.63) is 41.1 Å². The Balaban J connectivity index is 2.97. The second kappa shape index (κ2) is 6.96. The average Bonchev–Trinajstić information content (AvgIpc) is 2.36. The van der Waals surface area contributed by atoms with Crippen LogP contribution in [0.5, 0.6) is 0 Å². The second-order valence-corrected chi connectivity index (χ2v) is 13.4. The molecule has 136 valence electrons. The van der Waals surface area contributed by atoms with Crippen molar-refractivity contribution in [3.63, 3.8) is 0 Å². The first-order valence-corrected chi connectivity index (χ1v) is 11.3. The van der Waals surface area contributed by atoms with E-state index < -0.39 is 19.6 Å². The van der Waals surface area contributed by atoms with Crippen molar-refractivity contribution in [2.24, 2.45) is 0 Å². The van der Waals surface area contributed by atoms with Gasteiger partial charge in [-0.2, -0.15) is 0 Å². The van der Waals surface area contributed by atoms with E-state index in [1.54, 1.807) is 13.8 Å². The minimum absolute atomic E-state index is 0.0262. The number of rotatable bonds is 6. The van der Waals surface area contributed by atoms with Gasteiger partial charge >= 0.3 is 0 Å². The molecule has 1 aromatic carbocycles. The first kappa shape index (κ1) is 20.8. The molecule has 1 aromatic rings. The van der Waals surface area contributed by atoms with E-state index >= 15 is 4.39 Å². The van der Waals surface area contributed by atoms with Crippen LogP contribution >= 0.6 is 0 Å². The number of hydroxylamine groups is 1. The summed E-state index contributed by atoms with van der Waals surface area (Å²) in [6.45, 7) is 15.5. The molecule has 1 unspecified atom stereocenters.